The summed E-state index contributed by atoms with van der Waals surface area (Å²) in [6, 6.07) is 5.59. The van der Waals surface area contributed by atoms with E-state index in [4.69, 9.17) is 10.5 Å². The van der Waals surface area contributed by atoms with Crippen molar-refractivity contribution in [1.82, 2.24) is 39.9 Å². The molecule has 352 valence electrons. The largest absolute Gasteiger partial charge is 0.443 e. The van der Waals surface area contributed by atoms with E-state index in [-0.39, 0.29) is 76.7 Å². The van der Waals surface area contributed by atoms with Crippen LogP contribution in [0.25, 0.3) is 10.6 Å². The molecule has 6 aromatic rings. The lowest BCUT2D eigenvalue weighted by Crippen LogP contribution is -2.54. The molecule has 0 saturated heterocycles. The van der Waals surface area contributed by atoms with Gasteiger partial charge in [0, 0.05) is 79.8 Å². The van der Waals surface area contributed by atoms with Gasteiger partial charge in [-0.05, 0) is 86.6 Å². The third-order valence-corrected chi connectivity index (χ3v) is 12.2. The predicted molar refractivity (Wildman–Crippen MR) is 249 cm³/mol. The minimum absolute atomic E-state index is 0. The average Bonchev–Trinajstić information content (AvgIpc) is 3.96. The van der Waals surface area contributed by atoms with Gasteiger partial charge in [0.25, 0.3) is 5.91 Å². The molecule has 2 aliphatic carbocycles. The fourth-order valence-corrected chi connectivity index (χ4v) is 8.39. The Morgan fingerprint density at radius 2 is 1.39 bits per heavy atom. The molecule has 0 aromatic carbocycles. The smallest absolute Gasteiger partial charge is 0.417 e. The molecular weight excluding hydrogens is 967 g/mol. The molecule has 2 fully saturated rings. The van der Waals surface area contributed by atoms with Crippen LogP contribution in [0.2, 0.25) is 0 Å². The van der Waals surface area contributed by atoms with Gasteiger partial charge in [-0.1, -0.05) is 14.9 Å². The highest BCUT2D eigenvalue weighted by molar-refractivity contribution is 9.10. The van der Waals surface area contributed by atoms with Crippen molar-refractivity contribution in [3.8, 4) is 10.6 Å². The molecule has 2 amide bonds. The van der Waals surface area contributed by atoms with Crippen molar-refractivity contribution in [2.45, 2.75) is 97.0 Å². The maximum Gasteiger partial charge on any atom is 0.417 e. The molecule has 66 heavy (non-hydrogen) atoms. The molecule has 15 nitrogen and oxygen atoms in total. The van der Waals surface area contributed by atoms with Gasteiger partial charge in [0.2, 0.25) is 11.9 Å². The van der Waals surface area contributed by atoms with Crippen molar-refractivity contribution < 1.29 is 36.7 Å². The summed E-state index contributed by atoms with van der Waals surface area (Å²) in [4.78, 5) is 69.7. The summed E-state index contributed by atoms with van der Waals surface area (Å²) in [7, 11) is 0. The number of alkyl halides is 2. The molecule has 0 unspecified atom stereocenters. The second-order valence-corrected chi connectivity index (χ2v) is 18.8. The summed E-state index contributed by atoms with van der Waals surface area (Å²) in [5.74, 6) is -1.00. The number of thiazole rings is 2. The number of primary amides is 1. The monoisotopic (exact) mass is 1020 g/mol. The number of rotatable bonds is 11. The summed E-state index contributed by atoms with van der Waals surface area (Å²) >= 11 is 5.77. The second-order valence-electron chi connectivity index (χ2n) is 16.0. The van der Waals surface area contributed by atoms with Crippen LogP contribution in [-0.4, -0.2) is 88.7 Å². The van der Waals surface area contributed by atoms with E-state index in [9.17, 15) is 31.9 Å². The lowest BCUT2D eigenvalue weighted by atomic mass is 9.64. The number of hydrogen-bond acceptors (Lipinski definition) is 15. The van der Waals surface area contributed by atoms with Crippen LogP contribution in [-0.2, 0) is 15.6 Å². The number of carbonyl (C=O) groups is 3. The minimum Gasteiger partial charge on any atom is -0.443 e. The third kappa shape index (κ3) is 13.1. The number of ether oxygens (including phenoxy) is 1. The number of nitrogens with one attached hydrogen (secondary N) is 1. The number of halogens is 5. The zero-order valence-corrected chi connectivity index (χ0v) is 38.1. The van der Waals surface area contributed by atoms with E-state index in [1.165, 1.54) is 78.4 Å². The molecule has 6 aromatic heterocycles. The molecule has 2 aliphatic rings. The number of nitrogens with two attached hydrogens (primary N) is 1. The first kappa shape index (κ1) is 52.8. The topological polar surface area (TPSA) is 205 Å². The molecule has 6 heterocycles. The van der Waals surface area contributed by atoms with E-state index in [0.717, 1.165) is 16.2 Å². The number of pyridine rings is 2. The maximum atomic E-state index is 14.5. The van der Waals surface area contributed by atoms with E-state index in [1.807, 2.05) is 0 Å². The second kappa shape index (κ2) is 22.6. The Hall–Kier alpha value is -5.87. The van der Waals surface area contributed by atoms with Crippen molar-refractivity contribution in [1.29, 1.82) is 0 Å². The number of nitrogens with zero attached hydrogens (tertiary/aromatic N) is 9. The van der Waals surface area contributed by atoms with Gasteiger partial charge in [-0.3, -0.25) is 24.5 Å². The number of amides is 2. The number of carbonyl (C=O) groups excluding carboxylic acids is 3. The van der Waals surface area contributed by atoms with Crippen molar-refractivity contribution in [3.05, 3.63) is 117 Å². The van der Waals surface area contributed by atoms with Gasteiger partial charge in [0.05, 0.1) is 32.4 Å². The van der Waals surface area contributed by atoms with Crippen LogP contribution in [0.15, 0.2) is 83.8 Å². The normalized spacial score (nSPS) is 19.3. The van der Waals surface area contributed by atoms with Crippen LogP contribution in [0.3, 0.4) is 0 Å². The van der Waals surface area contributed by atoms with E-state index in [0.29, 0.717) is 25.9 Å². The van der Waals surface area contributed by atoms with E-state index in [2.05, 4.69) is 61.1 Å². The lowest BCUT2D eigenvalue weighted by Gasteiger charge is -2.45. The minimum atomic E-state index is -1.09. The first-order valence-electron chi connectivity index (χ1n) is 19.6. The van der Waals surface area contributed by atoms with Gasteiger partial charge in [-0.2, -0.15) is 0 Å². The van der Waals surface area contributed by atoms with Crippen molar-refractivity contribution >= 4 is 68.3 Å². The highest BCUT2D eigenvalue weighted by Crippen LogP contribution is 2.47. The van der Waals surface area contributed by atoms with E-state index < -0.39 is 52.4 Å². The quantitative estimate of drug-likeness (QED) is 0.0917. The molecule has 8 rings (SSSR count). The van der Waals surface area contributed by atoms with Crippen LogP contribution in [0.5, 0.6) is 0 Å². The summed E-state index contributed by atoms with van der Waals surface area (Å²) in [6.07, 6.45) is 9.80. The molecule has 3 N–H and O–H groups in total. The van der Waals surface area contributed by atoms with Gasteiger partial charge in [0.1, 0.15) is 39.5 Å². The van der Waals surface area contributed by atoms with Gasteiger partial charge in [0.15, 0.2) is 5.78 Å². The standard InChI is InChI=1S/C19H21BrF2N4O2.C18H16F2N6OS.C5H5NOS.2CH4/c1-18(2,3)28-17(27)26(16-24-9-12(20)10-25-16)11-19(7-13(21)8-19)15-14(22)5-4-6-23-15;19-11-4-18(5-11,14-12(20)2-1-3-22-14)9-26-17-24-6-10(7-25-17)16-23-8-13(28-16)15(21)27;1-4(7)5-2-6-3-8-5;;/h4-6,9-10,13H,7-8,11H2,1-3H3;1-3,6-8,11H,4-5,9H2,(H2,21,27)(H,24,25,26);2-3H,1H3;2*1H4. The number of Topliss-reactive ketones (excluding diaryl/α,β-unsaturated/α-hetero) is 1. The van der Waals surface area contributed by atoms with Crippen molar-refractivity contribution in [2.75, 3.05) is 23.3 Å². The Kier molecular flexibility index (Phi) is 18.0. The maximum absolute atomic E-state index is 14.5. The van der Waals surface area contributed by atoms with Gasteiger partial charge >= 0.3 is 6.09 Å². The van der Waals surface area contributed by atoms with Gasteiger partial charge in [-0.15, -0.1) is 22.7 Å². The molecule has 0 aliphatic heterocycles. The van der Waals surface area contributed by atoms with Crippen LogP contribution < -0.4 is 16.0 Å². The lowest BCUT2D eigenvalue weighted by molar-refractivity contribution is 0.0505. The van der Waals surface area contributed by atoms with Crippen LogP contribution in [0.4, 0.5) is 34.3 Å². The Morgan fingerprint density at radius 1 is 0.833 bits per heavy atom. The zero-order valence-electron chi connectivity index (χ0n) is 34.8. The highest BCUT2D eigenvalue weighted by atomic mass is 79.9. The van der Waals surface area contributed by atoms with Crippen LogP contribution in [0, 0.1) is 11.6 Å². The Balaban J connectivity index is 0.000000241. The average molecular weight is 1020 g/mol. The highest BCUT2D eigenvalue weighted by Gasteiger charge is 2.51. The molecular formula is C44H50BrF4N11O4S2. The van der Waals surface area contributed by atoms with Crippen molar-refractivity contribution in [3.63, 3.8) is 0 Å². The zero-order chi connectivity index (χ0) is 46.2. The molecule has 22 heteroatoms. The molecule has 2 saturated carbocycles. The van der Waals surface area contributed by atoms with Gasteiger partial charge < -0.3 is 15.8 Å². The number of anilines is 2. The third-order valence-electron chi connectivity index (χ3n) is 9.90. The summed E-state index contributed by atoms with van der Waals surface area (Å²) in [5, 5.41) is 3.62. The van der Waals surface area contributed by atoms with E-state index >= 15 is 0 Å². The van der Waals surface area contributed by atoms with Crippen molar-refractivity contribution in [2.24, 2.45) is 5.73 Å². The fourth-order valence-electron chi connectivity index (χ4n) is 6.92. The first-order valence-corrected chi connectivity index (χ1v) is 22.1. The van der Waals surface area contributed by atoms with Crippen LogP contribution in [0.1, 0.15) is 99.0 Å². The fraction of sp³-hybridized carbons (Fsp3) is 0.386. The van der Waals surface area contributed by atoms with Crippen LogP contribution >= 0.6 is 38.6 Å². The molecule has 0 radical (unpaired) electrons. The SMILES string of the molecule is C.C.CC(=O)c1cncs1.CC(C)(C)OC(=O)N(CC1(c2ncccc2F)CC(F)C1)c1ncc(Br)cn1.NC(=O)c1cnc(-c2cnc(NCC3(c4ncccc4F)CC(F)C3)nc2)s1. The first-order chi connectivity index (χ1) is 30.4. The number of hydrogen-bond donors (Lipinski definition) is 2. The Labute approximate surface area is 396 Å². The van der Waals surface area contributed by atoms with Gasteiger partial charge in [-0.25, -0.2) is 52.2 Å². The van der Waals surface area contributed by atoms with E-state index in [1.54, 1.807) is 44.9 Å². The summed E-state index contributed by atoms with van der Waals surface area (Å²) in [6.45, 7) is 6.97. The predicted octanol–water partition coefficient (Wildman–Crippen LogP) is 9.92. The number of ketones is 1. The molecule has 0 bridgehead atoms. The Morgan fingerprint density at radius 3 is 1.85 bits per heavy atom. The molecule has 0 atom stereocenters. The Bertz CT molecular complexity index is 2540. The molecule has 0 spiro atoms. The summed E-state index contributed by atoms with van der Waals surface area (Å²) < 4.78 is 62.2. The number of aromatic nitrogens is 8. The summed E-state index contributed by atoms with van der Waals surface area (Å²) in [5.41, 5.74) is 5.46.